The van der Waals surface area contributed by atoms with E-state index in [9.17, 15) is 8.42 Å². The first-order chi connectivity index (χ1) is 9.38. The minimum Gasteiger partial charge on any atom is -0.467 e. The summed E-state index contributed by atoms with van der Waals surface area (Å²) in [6.45, 7) is 2.56. The maximum Gasteiger partial charge on any atom is 0.238 e. The van der Waals surface area contributed by atoms with Gasteiger partial charge < -0.3 is 9.73 Å². The van der Waals surface area contributed by atoms with Gasteiger partial charge in [0, 0.05) is 6.04 Å². The molecule has 0 fully saturated rings. The van der Waals surface area contributed by atoms with E-state index in [1.165, 1.54) is 12.1 Å². The molecule has 0 aliphatic rings. The lowest BCUT2D eigenvalue weighted by molar-refractivity contribution is 0.458. The quantitative estimate of drug-likeness (QED) is 0.859. The largest absolute Gasteiger partial charge is 0.467 e. The Hall–Kier alpha value is -1.15. The number of sulfonamides is 1. The van der Waals surface area contributed by atoms with E-state index in [0.29, 0.717) is 6.54 Å². The number of furan rings is 1. The number of hydrogen-bond acceptors (Lipinski definition) is 4. The highest BCUT2D eigenvalue weighted by molar-refractivity contribution is 9.10. The third kappa shape index (κ3) is 3.69. The molecular formula is C13H15BrN2O3S. The van der Waals surface area contributed by atoms with Crippen LogP contribution >= 0.6 is 15.9 Å². The molecule has 1 unspecified atom stereocenters. The summed E-state index contributed by atoms with van der Waals surface area (Å²) in [4.78, 5) is 0.113. The van der Waals surface area contributed by atoms with Crippen LogP contribution in [0.3, 0.4) is 0 Å². The van der Waals surface area contributed by atoms with Crippen molar-refractivity contribution < 1.29 is 12.8 Å². The van der Waals surface area contributed by atoms with Gasteiger partial charge in [-0.2, -0.15) is 0 Å². The molecule has 5 nitrogen and oxygen atoms in total. The summed E-state index contributed by atoms with van der Waals surface area (Å²) in [5.41, 5.74) is 0.972. The summed E-state index contributed by atoms with van der Waals surface area (Å²) in [6, 6.07) is 8.39. The number of nitrogens with two attached hydrogens (primary N) is 1. The summed E-state index contributed by atoms with van der Waals surface area (Å²) >= 11 is 3.39. The van der Waals surface area contributed by atoms with E-state index in [-0.39, 0.29) is 10.9 Å². The molecule has 0 saturated heterocycles. The average Bonchev–Trinajstić information content (AvgIpc) is 2.81. The fourth-order valence-electron chi connectivity index (χ4n) is 1.76. The maximum absolute atomic E-state index is 11.2. The van der Waals surface area contributed by atoms with Crippen LogP contribution in [0.4, 0.5) is 0 Å². The molecule has 0 radical (unpaired) electrons. The molecule has 0 bridgehead atoms. The third-order valence-electron chi connectivity index (χ3n) is 2.97. The molecule has 0 saturated carbocycles. The number of nitrogens with one attached hydrogen (secondary N) is 1. The molecule has 0 aliphatic heterocycles. The molecule has 7 heteroatoms. The minimum atomic E-state index is -3.64. The van der Waals surface area contributed by atoms with E-state index in [1.54, 1.807) is 18.4 Å². The second-order valence-corrected chi connectivity index (χ2v) is 6.82. The highest BCUT2D eigenvalue weighted by atomic mass is 79.9. The van der Waals surface area contributed by atoms with Crippen LogP contribution in [0.1, 0.15) is 24.3 Å². The van der Waals surface area contributed by atoms with Gasteiger partial charge in [0.1, 0.15) is 5.76 Å². The summed E-state index contributed by atoms with van der Waals surface area (Å²) in [5, 5.41) is 8.36. The summed E-state index contributed by atoms with van der Waals surface area (Å²) < 4.78 is 28.6. The molecular weight excluding hydrogens is 344 g/mol. The van der Waals surface area contributed by atoms with Crippen molar-refractivity contribution in [2.24, 2.45) is 5.14 Å². The molecule has 0 amide bonds. The fourth-order valence-corrected chi connectivity index (χ4v) is 2.62. The van der Waals surface area contributed by atoms with Crippen LogP contribution in [0.25, 0.3) is 0 Å². The molecule has 0 spiro atoms. The zero-order valence-corrected chi connectivity index (χ0v) is 13.2. The van der Waals surface area contributed by atoms with Crippen LogP contribution in [0, 0.1) is 0 Å². The lowest BCUT2D eigenvalue weighted by atomic mass is 10.1. The molecule has 1 atom stereocenters. The SMILES string of the molecule is CC(NCc1occc1Br)c1ccc(S(N)(=O)=O)cc1. The molecule has 2 rings (SSSR count). The van der Waals surface area contributed by atoms with Gasteiger partial charge in [0.2, 0.25) is 10.0 Å². The molecule has 3 N–H and O–H groups in total. The van der Waals surface area contributed by atoms with E-state index >= 15 is 0 Å². The predicted octanol–water partition coefficient (Wildman–Crippen LogP) is 2.54. The zero-order valence-electron chi connectivity index (χ0n) is 10.8. The Morgan fingerprint density at radius 1 is 1.30 bits per heavy atom. The first-order valence-corrected chi connectivity index (χ1v) is 8.30. The Morgan fingerprint density at radius 2 is 1.95 bits per heavy atom. The van der Waals surface area contributed by atoms with Crippen LogP contribution < -0.4 is 10.5 Å². The van der Waals surface area contributed by atoms with Crippen LogP contribution in [0.2, 0.25) is 0 Å². The molecule has 20 heavy (non-hydrogen) atoms. The number of hydrogen-bond donors (Lipinski definition) is 2. The summed E-state index contributed by atoms with van der Waals surface area (Å²) in [5.74, 6) is 0.818. The summed E-state index contributed by atoms with van der Waals surface area (Å²) in [6.07, 6.45) is 1.62. The van der Waals surface area contributed by atoms with Crippen molar-refractivity contribution in [3.63, 3.8) is 0 Å². The van der Waals surface area contributed by atoms with Gasteiger partial charge >= 0.3 is 0 Å². The second kappa shape index (κ2) is 6.09. The first-order valence-electron chi connectivity index (χ1n) is 5.96. The minimum absolute atomic E-state index is 0.0570. The highest BCUT2D eigenvalue weighted by Crippen LogP contribution is 2.20. The van der Waals surface area contributed by atoms with E-state index < -0.39 is 10.0 Å². The lowest BCUT2D eigenvalue weighted by Gasteiger charge is -2.13. The van der Waals surface area contributed by atoms with Crippen LogP contribution in [0.5, 0.6) is 0 Å². The standard InChI is InChI=1S/C13H15BrN2O3S/c1-9(16-8-13-12(14)6-7-19-13)10-2-4-11(5-3-10)20(15,17)18/h2-7,9,16H,8H2,1H3,(H2,15,17,18). The van der Waals surface area contributed by atoms with Crippen molar-refractivity contribution in [1.29, 1.82) is 0 Å². The zero-order chi connectivity index (χ0) is 14.8. The van der Waals surface area contributed by atoms with Gasteiger partial charge in [-0.3, -0.25) is 0 Å². The molecule has 108 valence electrons. The number of benzene rings is 1. The molecule has 1 aromatic heterocycles. The third-order valence-corrected chi connectivity index (χ3v) is 4.60. The van der Waals surface area contributed by atoms with Crippen LogP contribution in [-0.2, 0) is 16.6 Å². The van der Waals surface area contributed by atoms with Gasteiger partial charge in [-0.15, -0.1) is 0 Å². The maximum atomic E-state index is 11.2. The van der Waals surface area contributed by atoms with Crippen molar-refractivity contribution in [3.8, 4) is 0 Å². The van der Waals surface area contributed by atoms with E-state index in [2.05, 4.69) is 21.2 Å². The van der Waals surface area contributed by atoms with E-state index in [0.717, 1.165) is 15.8 Å². The second-order valence-electron chi connectivity index (χ2n) is 4.41. The Balaban J connectivity index is 2.03. The number of rotatable bonds is 5. The van der Waals surface area contributed by atoms with Crippen LogP contribution in [-0.4, -0.2) is 8.42 Å². The fraction of sp³-hybridized carbons (Fsp3) is 0.231. The van der Waals surface area contributed by atoms with Gasteiger partial charge in [0.25, 0.3) is 0 Å². The van der Waals surface area contributed by atoms with Crippen molar-refractivity contribution in [1.82, 2.24) is 5.32 Å². The lowest BCUT2D eigenvalue weighted by Crippen LogP contribution is -2.18. The van der Waals surface area contributed by atoms with Gasteiger partial charge in [-0.05, 0) is 46.6 Å². The topological polar surface area (TPSA) is 85.3 Å². The Morgan fingerprint density at radius 3 is 2.45 bits per heavy atom. The highest BCUT2D eigenvalue weighted by Gasteiger charge is 2.11. The van der Waals surface area contributed by atoms with Gasteiger partial charge in [0.15, 0.2) is 0 Å². The van der Waals surface area contributed by atoms with Gasteiger partial charge in [-0.1, -0.05) is 12.1 Å². The average molecular weight is 359 g/mol. The molecule has 2 aromatic rings. The van der Waals surface area contributed by atoms with Gasteiger partial charge in [-0.25, -0.2) is 13.6 Å². The normalized spacial score (nSPS) is 13.3. The van der Waals surface area contributed by atoms with Crippen molar-refractivity contribution in [2.45, 2.75) is 24.4 Å². The first kappa shape index (κ1) is 15.2. The smallest absolute Gasteiger partial charge is 0.238 e. The molecule has 1 aromatic carbocycles. The van der Waals surface area contributed by atoms with Crippen molar-refractivity contribution >= 4 is 26.0 Å². The van der Waals surface area contributed by atoms with Crippen molar-refractivity contribution in [2.75, 3.05) is 0 Å². The predicted molar refractivity (Wildman–Crippen MR) is 79.5 cm³/mol. The Kier molecular flexibility index (Phi) is 4.64. The monoisotopic (exact) mass is 358 g/mol. The van der Waals surface area contributed by atoms with E-state index in [4.69, 9.17) is 9.56 Å². The Labute approximate surface area is 126 Å². The molecule has 1 heterocycles. The van der Waals surface area contributed by atoms with Crippen molar-refractivity contribution in [3.05, 3.63) is 52.4 Å². The Bertz CT molecular complexity index is 680. The number of halogens is 1. The van der Waals surface area contributed by atoms with Crippen LogP contribution in [0.15, 0.2) is 50.4 Å². The van der Waals surface area contributed by atoms with Gasteiger partial charge in [0.05, 0.1) is 22.2 Å². The van der Waals surface area contributed by atoms with E-state index in [1.807, 2.05) is 13.0 Å². The number of primary sulfonamides is 1. The summed E-state index contributed by atoms with van der Waals surface area (Å²) in [7, 11) is -3.64. The molecule has 0 aliphatic carbocycles.